The van der Waals surface area contributed by atoms with Gasteiger partial charge < -0.3 is 9.80 Å². The number of hydrogen-bond donors (Lipinski definition) is 0. The predicted octanol–water partition coefficient (Wildman–Crippen LogP) is 1.98. The van der Waals surface area contributed by atoms with Crippen LogP contribution in [0.4, 0.5) is 5.13 Å². The Morgan fingerprint density at radius 2 is 2.35 bits per heavy atom. The molecule has 1 aliphatic rings. The largest absolute Gasteiger partial charge is 0.341 e. The molecule has 94 valence electrons. The summed E-state index contributed by atoms with van der Waals surface area (Å²) >= 11 is 1.61. The number of hydrogen-bond acceptors (Lipinski definition) is 4. The van der Waals surface area contributed by atoms with Gasteiger partial charge in [-0.05, 0) is 26.7 Å². The highest BCUT2D eigenvalue weighted by atomic mass is 32.1. The second-order valence-corrected chi connectivity index (χ2v) is 5.05. The van der Waals surface area contributed by atoms with Crippen molar-refractivity contribution in [2.24, 2.45) is 0 Å². The molecule has 0 spiro atoms. The van der Waals surface area contributed by atoms with E-state index in [0.717, 1.165) is 37.6 Å². The molecule has 1 atom stereocenters. The molecule has 1 aliphatic heterocycles. The van der Waals surface area contributed by atoms with Crippen LogP contribution in [0.3, 0.4) is 0 Å². The lowest BCUT2D eigenvalue weighted by Gasteiger charge is -2.28. The quantitative estimate of drug-likeness (QED) is 0.823. The summed E-state index contributed by atoms with van der Waals surface area (Å²) in [4.78, 5) is 20.8. The molecule has 0 aromatic carbocycles. The van der Waals surface area contributed by atoms with Crippen molar-refractivity contribution < 1.29 is 4.79 Å². The number of rotatable bonds is 4. The standard InChI is InChI=1S/C12H19N3OS/c1-3-14(4-2)11(16)10-6-5-8-15(10)12-13-7-9-17-12/h7,9-10H,3-6,8H2,1-2H3. The van der Waals surface area contributed by atoms with E-state index in [4.69, 9.17) is 0 Å². The molecular weight excluding hydrogens is 234 g/mol. The van der Waals surface area contributed by atoms with Crippen molar-refractivity contribution in [3.05, 3.63) is 11.6 Å². The van der Waals surface area contributed by atoms with Gasteiger partial charge in [-0.1, -0.05) is 0 Å². The maximum Gasteiger partial charge on any atom is 0.245 e. The van der Waals surface area contributed by atoms with Gasteiger partial charge in [-0.2, -0.15) is 0 Å². The molecule has 1 amide bonds. The van der Waals surface area contributed by atoms with Crippen LogP contribution in [0.15, 0.2) is 11.6 Å². The Labute approximate surface area is 106 Å². The molecule has 0 aliphatic carbocycles. The summed E-state index contributed by atoms with van der Waals surface area (Å²) in [5.74, 6) is 0.253. The minimum Gasteiger partial charge on any atom is -0.341 e. The van der Waals surface area contributed by atoms with Crippen molar-refractivity contribution in [3.8, 4) is 0 Å². The van der Waals surface area contributed by atoms with Gasteiger partial charge in [-0.3, -0.25) is 4.79 Å². The summed E-state index contributed by atoms with van der Waals surface area (Å²) < 4.78 is 0. The van der Waals surface area contributed by atoms with Crippen LogP contribution in [0.5, 0.6) is 0 Å². The molecule has 0 N–H and O–H groups in total. The fourth-order valence-corrected chi connectivity index (χ4v) is 3.08. The number of likely N-dealkylation sites (N-methyl/N-ethyl adjacent to an activating group) is 1. The first-order valence-electron chi connectivity index (χ1n) is 6.22. The van der Waals surface area contributed by atoms with E-state index in [1.54, 1.807) is 17.5 Å². The number of thiazole rings is 1. The smallest absolute Gasteiger partial charge is 0.245 e. The van der Waals surface area contributed by atoms with Crippen LogP contribution in [0.2, 0.25) is 0 Å². The number of nitrogens with zero attached hydrogens (tertiary/aromatic N) is 3. The molecule has 1 saturated heterocycles. The lowest BCUT2D eigenvalue weighted by atomic mass is 10.2. The third-order valence-electron chi connectivity index (χ3n) is 3.28. The SMILES string of the molecule is CCN(CC)C(=O)C1CCCN1c1nccs1. The summed E-state index contributed by atoms with van der Waals surface area (Å²) in [6.45, 7) is 6.59. The van der Waals surface area contributed by atoms with Crippen molar-refractivity contribution in [1.82, 2.24) is 9.88 Å². The van der Waals surface area contributed by atoms with Crippen molar-refractivity contribution in [2.75, 3.05) is 24.5 Å². The number of amides is 1. The van der Waals surface area contributed by atoms with Gasteiger partial charge in [0.05, 0.1) is 0 Å². The molecule has 1 fully saturated rings. The average molecular weight is 253 g/mol. The first kappa shape index (κ1) is 12.4. The summed E-state index contributed by atoms with van der Waals surface area (Å²) in [5.41, 5.74) is 0. The van der Waals surface area contributed by atoms with Crippen LogP contribution in [0.1, 0.15) is 26.7 Å². The molecule has 0 bridgehead atoms. The fourth-order valence-electron chi connectivity index (χ4n) is 2.36. The Bertz CT molecular complexity index is 362. The normalized spacial score (nSPS) is 19.6. The minimum atomic E-state index is 0.000972. The van der Waals surface area contributed by atoms with Crippen LogP contribution < -0.4 is 4.90 Å². The molecule has 2 rings (SSSR count). The topological polar surface area (TPSA) is 36.4 Å². The van der Waals surface area contributed by atoms with Gasteiger partial charge in [-0.15, -0.1) is 11.3 Å². The molecule has 4 nitrogen and oxygen atoms in total. The van der Waals surface area contributed by atoms with Gasteiger partial charge in [0.1, 0.15) is 6.04 Å². The molecule has 2 heterocycles. The number of anilines is 1. The van der Waals surface area contributed by atoms with Gasteiger partial charge >= 0.3 is 0 Å². The highest BCUT2D eigenvalue weighted by molar-refractivity contribution is 7.13. The number of aromatic nitrogens is 1. The van der Waals surface area contributed by atoms with Crippen LogP contribution in [0, 0.1) is 0 Å². The van der Waals surface area contributed by atoms with E-state index >= 15 is 0 Å². The zero-order chi connectivity index (χ0) is 12.3. The summed E-state index contributed by atoms with van der Waals surface area (Å²) in [6.07, 6.45) is 3.84. The number of carbonyl (C=O) groups excluding carboxylic acids is 1. The second-order valence-electron chi connectivity index (χ2n) is 4.18. The van der Waals surface area contributed by atoms with E-state index in [-0.39, 0.29) is 11.9 Å². The Kier molecular flexibility index (Phi) is 3.99. The highest BCUT2D eigenvalue weighted by Crippen LogP contribution is 2.28. The monoisotopic (exact) mass is 253 g/mol. The molecule has 1 unspecified atom stereocenters. The van der Waals surface area contributed by atoms with E-state index < -0.39 is 0 Å². The lowest BCUT2D eigenvalue weighted by molar-refractivity contribution is -0.132. The fraction of sp³-hybridized carbons (Fsp3) is 0.667. The van der Waals surface area contributed by atoms with Gasteiger partial charge in [0.15, 0.2) is 5.13 Å². The van der Waals surface area contributed by atoms with E-state index in [1.807, 2.05) is 24.1 Å². The first-order chi connectivity index (χ1) is 8.27. The van der Waals surface area contributed by atoms with E-state index in [9.17, 15) is 4.79 Å². The summed E-state index contributed by atoms with van der Waals surface area (Å²) in [6, 6.07) is 0.000972. The minimum absolute atomic E-state index is 0.000972. The molecule has 5 heteroatoms. The van der Waals surface area contributed by atoms with Gasteiger partial charge in [0, 0.05) is 31.2 Å². The maximum atomic E-state index is 12.4. The highest BCUT2D eigenvalue weighted by Gasteiger charge is 2.34. The zero-order valence-corrected chi connectivity index (χ0v) is 11.2. The Balaban J connectivity index is 2.12. The van der Waals surface area contributed by atoms with Gasteiger partial charge in [0.2, 0.25) is 5.91 Å². The van der Waals surface area contributed by atoms with Crippen LogP contribution in [-0.2, 0) is 4.79 Å². The molecule has 17 heavy (non-hydrogen) atoms. The zero-order valence-electron chi connectivity index (χ0n) is 10.4. The van der Waals surface area contributed by atoms with E-state index in [1.165, 1.54) is 0 Å². The Hall–Kier alpha value is -1.10. The maximum absolute atomic E-state index is 12.4. The van der Waals surface area contributed by atoms with E-state index in [2.05, 4.69) is 9.88 Å². The lowest BCUT2D eigenvalue weighted by Crippen LogP contribution is -2.45. The Morgan fingerprint density at radius 3 is 2.94 bits per heavy atom. The molecule has 0 radical (unpaired) electrons. The second kappa shape index (κ2) is 5.49. The van der Waals surface area contributed by atoms with Gasteiger partial charge in [0.25, 0.3) is 0 Å². The average Bonchev–Trinajstić information content (AvgIpc) is 3.01. The molecule has 1 aromatic heterocycles. The third-order valence-corrected chi connectivity index (χ3v) is 4.09. The molecule has 1 aromatic rings. The first-order valence-corrected chi connectivity index (χ1v) is 7.10. The van der Waals surface area contributed by atoms with Crippen molar-refractivity contribution >= 4 is 22.4 Å². The summed E-state index contributed by atoms with van der Waals surface area (Å²) in [7, 11) is 0. The predicted molar refractivity (Wildman–Crippen MR) is 70.4 cm³/mol. The van der Waals surface area contributed by atoms with Crippen LogP contribution >= 0.6 is 11.3 Å². The van der Waals surface area contributed by atoms with Crippen molar-refractivity contribution in [2.45, 2.75) is 32.7 Å². The number of carbonyl (C=O) groups is 1. The van der Waals surface area contributed by atoms with Crippen LogP contribution in [-0.4, -0.2) is 41.5 Å². The molecule has 0 saturated carbocycles. The Morgan fingerprint density at radius 1 is 1.59 bits per heavy atom. The third kappa shape index (κ3) is 2.44. The van der Waals surface area contributed by atoms with Crippen molar-refractivity contribution in [1.29, 1.82) is 0 Å². The summed E-state index contributed by atoms with van der Waals surface area (Å²) in [5, 5.41) is 2.94. The van der Waals surface area contributed by atoms with Crippen molar-refractivity contribution in [3.63, 3.8) is 0 Å². The molecular formula is C12H19N3OS. The van der Waals surface area contributed by atoms with Gasteiger partial charge in [-0.25, -0.2) is 4.98 Å². The van der Waals surface area contributed by atoms with E-state index in [0.29, 0.717) is 0 Å². The van der Waals surface area contributed by atoms with Crippen LogP contribution in [0.25, 0.3) is 0 Å².